The number of rotatable bonds is 5. The zero-order chi connectivity index (χ0) is 15.3. The van der Waals surface area contributed by atoms with Crippen molar-refractivity contribution in [1.29, 1.82) is 0 Å². The molecular weight excluding hydrogens is 264 g/mol. The van der Waals surface area contributed by atoms with Crippen molar-refractivity contribution in [3.63, 3.8) is 0 Å². The van der Waals surface area contributed by atoms with Gasteiger partial charge in [-0.15, -0.1) is 12.3 Å². The van der Waals surface area contributed by atoms with Crippen LogP contribution in [0.25, 0.3) is 0 Å². The third-order valence-corrected chi connectivity index (χ3v) is 3.79. The van der Waals surface area contributed by atoms with E-state index < -0.39 is 5.54 Å². The highest BCUT2D eigenvalue weighted by Crippen LogP contribution is 2.26. The third-order valence-electron chi connectivity index (χ3n) is 3.79. The van der Waals surface area contributed by atoms with Crippen LogP contribution in [-0.2, 0) is 15.1 Å². The number of nitrogens with zero attached hydrogens (tertiary/aromatic N) is 1. The highest BCUT2D eigenvalue weighted by atomic mass is 16.2. The summed E-state index contributed by atoms with van der Waals surface area (Å²) >= 11 is 0. The molecule has 0 aliphatic carbocycles. The van der Waals surface area contributed by atoms with Gasteiger partial charge in [0.25, 0.3) is 5.91 Å². The first-order valence-corrected chi connectivity index (χ1v) is 7.17. The van der Waals surface area contributed by atoms with Crippen molar-refractivity contribution in [2.75, 3.05) is 13.1 Å². The summed E-state index contributed by atoms with van der Waals surface area (Å²) in [4.78, 5) is 26.3. The minimum atomic E-state index is -0.983. The van der Waals surface area contributed by atoms with Crippen molar-refractivity contribution in [2.45, 2.75) is 31.7 Å². The molecule has 4 nitrogen and oxygen atoms in total. The number of carbonyl (C=O) groups is 2. The lowest BCUT2D eigenvalue weighted by Crippen LogP contribution is -2.63. The Morgan fingerprint density at radius 3 is 2.67 bits per heavy atom. The fourth-order valence-corrected chi connectivity index (χ4v) is 2.61. The van der Waals surface area contributed by atoms with Crippen LogP contribution in [0.1, 0.15) is 31.7 Å². The highest BCUT2D eigenvalue weighted by molar-refractivity contribution is 5.98. The highest BCUT2D eigenvalue weighted by Gasteiger charge is 2.43. The van der Waals surface area contributed by atoms with Gasteiger partial charge in [0.05, 0.1) is 6.54 Å². The summed E-state index contributed by atoms with van der Waals surface area (Å²) in [5.41, 5.74) is -0.181. The second-order valence-electron chi connectivity index (χ2n) is 5.43. The average molecular weight is 284 g/mol. The van der Waals surface area contributed by atoms with E-state index in [1.807, 2.05) is 30.3 Å². The Morgan fingerprint density at radius 2 is 2.00 bits per heavy atom. The number of amides is 2. The van der Waals surface area contributed by atoms with Crippen LogP contribution in [0.2, 0.25) is 0 Å². The molecule has 0 spiro atoms. The largest absolute Gasteiger partial charge is 0.337 e. The molecule has 4 heteroatoms. The van der Waals surface area contributed by atoms with Gasteiger partial charge in [-0.1, -0.05) is 30.3 Å². The molecule has 1 fully saturated rings. The van der Waals surface area contributed by atoms with Crippen molar-refractivity contribution in [3.05, 3.63) is 35.9 Å². The molecule has 1 aliphatic heterocycles. The van der Waals surface area contributed by atoms with Gasteiger partial charge in [-0.2, -0.15) is 0 Å². The summed E-state index contributed by atoms with van der Waals surface area (Å²) in [5, 5.41) is 2.83. The number of hydrogen-bond acceptors (Lipinski definition) is 2. The summed E-state index contributed by atoms with van der Waals surface area (Å²) in [6.45, 7) is 2.45. The molecule has 1 atom stereocenters. The van der Waals surface area contributed by atoms with E-state index in [-0.39, 0.29) is 18.4 Å². The number of piperazine rings is 1. The Kier molecular flexibility index (Phi) is 4.64. The maximum atomic E-state index is 12.7. The van der Waals surface area contributed by atoms with E-state index in [9.17, 15) is 9.59 Å². The Balaban J connectivity index is 2.14. The van der Waals surface area contributed by atoms with Crippen molar-refractivity contribution in [1.82, 2.24) is 10.2 Å². The molecule has 110 valence electrons. The first-order chi connectivity index (χ1) is 10.1. The van der Waals surface area contributed by atoms with Crippen LogP contribution < -0.4 is 5.32 Å². The average Bonchev–Trinajstić information content (AvgIpc) is 2.49. The van der Waals surface area contributed by atoms with Crippen LogP contribution in [0.3, 0.4) is 0 Å². The van der Waals surface area contributed by atoms with Gasteiger partial charge in [0.15, 0.2) is 0 Å². The zero-order valence-corrected chi connectivity index (χ0v) is 12.3. The molecule has 0 radical (unpaired) electrons. The predicted molar refractivity (Wildman–Crippen MR) is 81.2 cm³/mol. The van der Waals surface area contributed by atoms with Crippen molar-refractivity contribution < 1.29 is 9.59 Å². The molecule has 1 aromatic carbocycles. The molecule has 21 heavy (non-hydrogen) atoms. The molecule has 1 heterocycles. The number of benzene rings is 1. The van der Waals surface area contributed by atoms with Gasteiger partial charge in [0, 0.05) is 13.0 Å². The van der Waals surface area contributed by atoms with E-state index in [1.54, 1.807) is 11.8 Å². The number of carbonyl (C=O) groups excluding carboxylic acids is 2. The number of nitrogens with one attached hydrogen (secondary N) is 1. The summed E-state index contributed by atoms with van der Waals surface area (Å²) in [6, 6.07) is 9.34. The molecule has 1 aromatic rings. The van der Waals surface area contributed by atoms with Crippen LogP contribution >= 0.6 is 0 Å². The Labute approximate surface area is 125 Å². The van der Waals surface area contributed by atoms with Gasteiger partial charge in [-0.3, -0.25) is 9.59 Å². The third kappa shape index (κ3) is 3.25. The topological polar surface area (TPSA) is 49.4 Å². The molecular formula is C17H20N2O2. The van der Waals surface area contributed by atoms with E-state index >= 15 is 0 Å². The SMILES string of the molecule is C#CCCCCN1CC(=O)NC(C)(c2ccccc2)C1=O. The molecule has 1 saturated heterocycles. The van der Waals surface area contributed by atoms with Crippen LogP contribution in [0.15, 0.2) is 30.3 Å². The summed E-state index contributed by atoms with van der Waals surface area (Å²) in [5.74, 6) is 2.40. The normalized spacial score (nSPS) is 21.8. The summed E-state index contributed by atoms with van der Waals surface area (Å²) in [6.07, 6.45) is 7.60. The second-order valence-corrected chi connectivity index (χ2v) is 5.43. The lowest BCUT2D eigenvalue weighted by Gasteiger charge is -2.40. The molecule has 2 amide bonds. The molecule has 1 N–H and O–H groups in total. The predicted octanol–water partition coefficient (Wildman–Crippen LogP) is 1.66. The molecule has 2 rings (SSSR count). The van der Waals surface area contributed by atoms with Crippen molar-refractivity contribution in [2.24, 2.45) is 0 Å². The Bertz CT molecular complexity index is 562. The lowest BCUT2D eigenvalue weighted by atomic mass is 9.88. The van der Waals surface area contributed by atoms with Gasteiger partial charge < -0.3 is 10.2 Å². The first kappa shape index (κ1) is 15.1. The van der Waals surface area contributed by atoms with E-state index in [1.165, 1.54) is 0 Å². The monoisotopic (exact) mass is 284 g/mol. The van der Waals surface area contributed by atoms with E-state index in [0.717, 1.165) is 18.4 Å². The van der Waals surface area contributed by atoms with E-state index in [4.69, 9.17) is 6.42 Å². The van der Waals surface area contributed by atoms with Gasteiger partial charge >= 0.3 is 0 Å². The standard InChI is InChI=1S/C17H20N2O2/c1-3-4-5-9-12-19-13-15(20)18-17(2,16(19)21)14-10-7-6-8-11-14/h1,6-8,10-11H,4-5,9,12-13H2,2H3,(H,18,20). The van der Waals surface area contributed by atoms with Gasteiger partial charge in [0.2, 0.25) is 5.91 Å². The fraction of sp³-hybridized carbons (Fsp3) is 0.412. The first-order valence-electron chi connectivity index (χ1n) is 7.17. The summed E-state index contributed by atoms with van der Waals surface area (Å²) < 4.78 is 0. The Morgan fingerprint density at radius 1 is 1.29 bits per heavy atom. The fourth-order valence-electron chi connectivity index (χ4n) is 2.61. The van der Waals surface area contributed by atoms with Crippen LogP contribution in [-0.4, -0.2) is 29.8 Å². The zero-order valence-electron chi connectivity index (χ0n) is 12.3. The Hall–Kier alpha value is -2.28. The van der Waals surface area contributed by atoms with Crippen LogP contribution in [0, 0.1) is 12.3 Å². The lowest BCUT2D eigenvalue weighted by molar-refractivity contribution is -0.149. The quantitative estimate of drug-likeness (QED) is 0.660. The van der Waals surface area contributed by atoms with Gasteiger partial charge in [0.1, 0.15) is 5.54 Å². The molecule has 1 aliphatic rings. The maximum absolute atomic E-state index is 12.7. The van der Waals surface area contributed by atoms with E-state index in [2.05, 4.69) is 11.2 Å². The van der Waals surface area contributed by atoms with E-state index in [0.29, 0.717) is 13.0 Å². The molecule has 1 unspecified atom stereocenters. The van der Waals surface area contributed by atoms with Gasteiger partial charge in [-0.05, 0) is 25.3 Å². The van der Waals surface area contributed by atoms with Crippen molar-refractivity contribution >= 4 is 11.8 Å². The van der Waals surface area contributed by atoms with Crippen molar-refractivity contribution in [3.8, 4) is 12.3 Å². The van der Waals surface area contributed by atoms with Crippen LogP contribution in [0.5, 0.6) is 0 Å². The number of terminal acetylenes is 1. The molecule has 0 saturated carbocycles. The molecule has 0 bridgehead atoms. The number of unbranched alkanes of at least 4 members (excludes halogenated alkanes) is 2. The minimum Gasteiger partial charge on any atom is -0.337 e. The van der Waals surface area contributed by atoms with Gasteiger partial charge in [-0.25, -0.2) is 0 Å². The minimum absolute atomic E-state index is 0.0611. The smallest absolute Gasteiger partial charge is 0.253 e. The summed E-state index contributed by atoms with van der Waals surface area (Å²) in [7, 11) is 0. The number of hydrogen-bond donors (Lipinski definition) is 1. The molecule has 0 aromatic heterocycles. The van der Waals surface area contributed by atoms with Crippen LogP contribution in [0.4, 0.5) is 0 Å². The second kappa shape index (κ2) is 6.45. The maximum Gasteiger partial charge on any atom is 0.253 e.